The molecular formula is C18H18N3P. The number of nitrogens with zero attached hydrogens (tertiary/aromatic N) is 3. The van der Waals surface area contributed by atoms with Crippen LogP contribution in [0.2, 0.25) is 0 Å². The number of hydrogen-bond acceptors (Lipinski definition) is 2. The van der Waals surface area contributed by atoms with Crippen molar-refractivity contribution < 1.29 is 0 Å². The topological polar surface area (TPSA) is 30.7 Å². The van der Waals surface area contributed by atoms with E-state index in [1.165, 1.54) is 27.4 Å². The molecule has 1 atom stereocenters. The maximum Gasteiger partial charge on any atom is 0.0519 e. The van der Waals surface area contributed by atoms with Gasteiger partial charge in [-0.3, -0.25) is 9.97 Å². The molecule has 22 heavy (non-hydrogen) atoms. The van der Waals surface area contributed by atoms with Crippen molar-refractivity contribution in [3.05, 3.63) is 61.2 Å². The summed E-state index contributed by atoms with van der Waals surface area (Å²) < 4.78 is 2.21. The molecule has 0 aliphatic rings. The lowest BCUT2D eigenvalue weighted by molar-refractivity contribution is 1.01. The lowest BCUT2D eigenvalue weighted by atomic mass is 10.1. The van der Waals surface area contributed by atoms with Crippen molar-refractivity contribution in [2.24, 2.45) is 7.05 Å². The zero-order valence-electron chi connectivity index (χ0n) is 12.7. The zero-order valence-corrected chi connectivity index (χ0v) is 13.8. The Morgan fingerprint density at radius 1 is 0.818 bits per heavy atom. The summed E-state index contributed by atoms with van der Waals surface area (Å²) in [5, 5.41) is 2.44. The van der Waals surface area contributed by atoms with Crippen LogP contribution in [0.15, 0.2) is 61.2 Å². The third-order valence-corrected chi connectivity index (χ3v) is 3.80. The van der Waals surface area contributed by atoms with Crippen LogP contribution in [0.1, 0.15) is 0 Å². The number of hydrogen-bond donors (Lipinski definition) is 0. The molecule has 0 radical (unpaired) electrons. The molecule has 0 fully saturated rings. The fraction of sp³-hybridized carbons (Fsp3) is 0.111. The summed E-state index contributed by atoms with van der Waals surface area (Å²) >= 11 is 0. The second-order valence-corrected chi connectivity index (χ2v) is 4.93. The molecule has 0 saturated heterocycles. The molecule has 3 heterocycles. The molecule has 0 aliphatic heterocycles. The van der Waals surface area contributed by atoms with Gasteiger partial charge in [0.25, 0.3) is 0 Å². The van der Waals surface area contributed by atoms with E-state index < -0.39 is 0 Å². The molecule has 0 amide bonds. The van der Waals surface area contributed by atoms with Crippen molar-refractivity contribution in [2.75, 3.05) is 6.66 Å². The van der Waals surface area contributed by atoms with Gasteiger partial charge in [0.15, 0.2) is 0 Å². The van der Waals surface area contributed by atoms with Gasteiger partial charge in [-0.05, 0) is 23.8 Å². The van der Waals surface area contributed by atoms with E-state index in [9.17, 15) is 0 Å². The Morgan fingerprint density at radius 2 is 1.64 bits per heavy atom. The molecule has 4 rings (SSSR count). The van der Waals surface area contributed by atoms with Crippen molar-refractivity contribution in [3.8, 4) is 11.1 Å². The Labute approximate surface area is 132 Å². The molecule has 0 N–H and O–H groups in total. The molecule has 0 spiro atoms. The van der Waals surface area contributed by atoms with Crippen LogP contribution in [0.5, 0.6) is 0 Å². The van der Waals surface area contributed by atoms with Crippen molar-refractivity contribution in [3.63, 3.8) is 0 Å². The number of pyridine rings is 2. The lowest BCUT2D eigenvalue weighted by Crippen LogP contribution is -1.87. The SMILES string of the molecule is CP.Cn1c2ccncc2c2ccc(-c3cccnc3)cc21. The largest absolute Gasteiger partial charge is 0.343 e. The quantitative estimate of drug-likeness (QED) is 0.491. The molecule has 3 nitrogen and oxygen atoms in total. The Balaban J connectivity index is 0.000000693. The van der Waals surface area contributed by atoms with Crippen molar-refractivity contribution in [2.45, 2.75) is 0 Å². The Bertz CT molecular complexity index is 914. The highest BCUT2D eigenvalue weighted by Crippen LogP contribution is 2.30. The fourth-order valence-corrected chi connectivity index (χ4v) is 2.77. The Kier molecular flexibility index (Phi) is 4.17. The van der Waals surface area contributed by atoms with E-state index in [-0.39, 0.29) is 0 Å². The average molecular weight is 307 g/mol. The van der Waals surface area contributed by atoms with Gasteiger partial charge in [-0.15, -0.1) is 9.24 Å². The average Bonchev–Trinajstić information content (AvgIpc) is 2.90. The summed E-state index contributed by atoms with van der Waals surface area (Å²) in [6.07, 6.45) is 7.46. The minimum atomic E-state index is 1.14. The summed E-state index contributed by atoms with van der Waals surface area (Å²) in [5.41, 5.74) is 4.75. The van der Waals surface area contributed by atoms with Crippen LogP contribution < -0.4 is 0 Å². The minimum absolute atomic E-state index is 1.14. The van der Waals surface area contributed by atoms with Crippen LogP contribution in [-0.4, -0.2) is 21.2 Å². The van der Waals surface area contributed by atoms with Gasteiger partial charge in [-0.2, -0.15) is 0 Å². The van der Waals surface area contributed by atoms with Crippen LogP contribution in [0, 0.1) is 0 Å². The maximum absolute atomic E-state index is 4.23. The molecule has 1 unspecified atom stereocenters. The minimum Gasteiger partial charge on any atom is -0.343 e. The van der Waals surface area contributed by atoms with E-state index in [0.717, 1.165) is 5.56 Å². The fourth-order valence-electron chi connectivity index (χ4n) is 2.77. The first-order chi connectivity index (χ1) is 10.8. The molecule has 1 aromatic carbocycles. The number of aryl methyl sites for hydroxylation is 1. The third kappa shape index (κ3) is 2.38. The smallest absolute Gasteiger partial charge is 0.0519 e. The van der Waals surface area contributed by atoms with E-state index >= 15 is 0 Å². The molecular weight excluding hydrogens is 289 g/mol. The monoisotopic (exact) mass is 307 g/mol. The second-order valence-electron chi connectivity index (χ2n) is 4.93. The predicted molar refractivity (Wildman–Crippen MR) is 97.1 cm³/mol. The molecule has 0 saturated carbocycles. The number of aromatic nitrogens is 3. The highest BCUT2D eigenvalue weighted by Gasteiger charge is 2.09. The van der Waals surface area contributed by atoms with Crippen molar-refractivity contribution >= 4 is 31.0 Å². The van der Waals surface area contributed by atoms with Gasteiger partial charge in [0.1, 0.15) is 0 Å². The standard InChI is InChI=1S/C17H13N3.CH5P/c1-20-16-6-8-19-11-15(16)14-5-4-12(9-17(14)20)13-3-2-7-18-10-13;1-2/h2-11H,1H3;2H2,1H3. The van der Waals surface area contributed by atoms with E-state index in [1.54, 1.807) is 6.20 Å². The van der Waals surface area contributed by atoms with Gasteiger partial charge in [-0.25, -0.2) is 0 Å². The third-order valence-electron chi connectivity index (χ3n) is 3.80. The molecule has 4 aromatic rings. The molecule has 0 aliphatic carbocycles. The van der Waals surface area contributed by atoms with Gasteiger partial charge in [0.05, 0.1) is 5.52 Å². The lowest BCUT2D eigenvalue weighted by Gasteiger charge is -2.03. The van der Waals surface area contributed by atoms with Crippen LogP contribution in [0.25, 0.3) is 32.9 Å². The Morgan fingerprint density at radius 3 is 2.41 bits per heavy atom. The number of benzene rings is 1. The second kappa shape index (κ2) is 6.25. The highest BCUT2D eigenvalue weighted by molar-refractivity contribution is 7.15. The number of rotatable bonds is 1. The first kappa shape index (κ1) is 14.7. The van der Waals surface area contributed by atoms with Crippen molar-refractivity contribution in [1.82, 2.24) is 14.5 Å². The highest BCUT2D eigenvalue weighted by atomic mass is 31.0. The van der Waals surface area contributed by atoms with E-state index in [0.29, 0.717) is 0 Å². The predicted octanol–water partition coefficient (Wildman–Crippen LogP) is 4.28. The van der Waals surface area contributed by atoms with Crippen LogP contribution in [-0.2, 0) is 7.05 Å². The normalized spacial score (nSPS) is 10.5. The zero-order chi connectivity index (χ0) is 15.5. The molecule has 0 bridgehead atoms. The van der Waals surface area contributed by atoms with Gasteiger partial charge >= 0.3 is 0 Å². The maximum atomic E-state index is 4.23. The van der Waals surface area contributed by atoms with Crippen LogP contribution >= 0.6 is 9.24 Å². The first-order valence-corrected chi connectivity index (χ1v) is 8.30. The van der Waals surface area contributed by atoms with Gasteiger partial charge in [-0.1, -0.05) is 24.9 Å². The van der Waals surface area contributed by atoms with E-state index in [2.05, 4.69) is 61.2 Å². The van der Waals surface area contributed by atoms with Gasteiger partial charge in [0.2, 0.25) is 0 Å². The summed E-state index contributed by atoms with van der Waals surface area (Å²) in [5.74, 6) is 0. The Hall–Kier alpha value is -2.25. The van der Waals surface area contributed by atoms with Crippen molar-refractivity contribution in [1.29, 1.82) is 0 Å². The molecule has 4 heteroatoms. The summed E-state index contributed by atoms with van der Waals surface area (Å²) in [7, 11) is 4.51. The van der Waals surface area contributed by atoms with Gasteiger partial charge < -0.3 is 4.57 Å². The first-order valence-electron chi connectivity index (χ1n) is 7.15. The number of fused-ring (bicyclic) bond motifs is 3. The van der Waals surface area contributed by atoms with Crippen LogP contribution in [0.3, 0.4) is 0 Å². The summed E-state index contributed by atoms with van der Waals surface area (Å²) in [6, 6.07) is 12.6. The molecule has 110 valence electrons. The summed E-state index contributed by atoms with van der Waals surface area (Å²) in [4.78, 5) is 8.42. The molecule has 3 aromatic heterocycles. The van der Waals surface area contributed by atoms with E-state index in [1.807, 2.05) is 31.3 Å². The van der Waals surface area contributed by atoms with Gasteiger partial charge in [0, 0.05) is 53.7 Å². The summed E-state index contributed by atoms with van der Waals surface area (Å²) in [6.45, 7) is 1.92. The van der Waals surface area contributed by atoms with Crippen LogP contribution in [0.4, 0.5) is 0 Å². The van der Waals surface area contributed by atoms with E-state index in [4.69, 9.17) is 0 Å².